The zero-order valence-electron chi connectivity index (χ0n) is 22.5. The SMILES string of the molecule is O=C(c1cc(-c2cccnc2)n(-c2c(Cl)cc(C(F)(F)F)cc2Cl)n1)N1CCC2(CC1)C(=O)NCN2c1ccc(F)c(F)c1. The average molecular weight is 651 g/mol. The van der Waals surface area contributed by atoms with Crippen LogP contribution in [0.5, 0.6) is 0 Å². The van der Waals surface area contributed by atoms with E-state index in [2.05, 4.69) is 15.4 Å². The molecule has 2 aromatic heterocycles. The largest absolute Gasteiger partial charge is 0.416 e. The molecule has 6 rings (SSSR count). The summed E-state index contributed by atoms with van der Waals surface area (Å²) >= 11 is 12.6. The highest BCUT2D eigenvalue weighted by atomic mass is 35.5. The number of alkyl halides is 3. The maximum Gasteiger partial charge on any atom is 0.416 e. The van der Waals surface area contributed by atoms with E-state index in [1.54, 1.807) is 17.0 Å². The fourth-order valence-corrected chi connectivity index (χ4v) is 6.27. The number of likely N-dealkylation sites (tertiary alicyclic amines) is 1. The number of pyridine rings is 1. The van der Waals surface area contributed by atoms with Crippen molar-refractivity contribution in [1.29, 1.82) is 0 Å². The van der Waals surface area contributed by atoms with Crippen LogP contribution in [-0.4, -0.2) is 56.8 Å². The Morgan fingerprint density at radius 3 is 2.30 bits per heavy atom. The Labute approximate surface area is 257 Å². The summed E-state index contributed by atoms with van der Waals surface area (Å²) in [7, 11) is 0. The van der Waals surface area contributed by atoms with E-state index in [-0.39, 0.29) is 59.9 Å². The van der Waals surface area contributed by atoms with Crippen molar-refractivity contribution < 1.29 is 31.5 Å². The Bertz CT molecular complexity index is 1750. The Morgan fingerprint density at radius 2 is 1.68 bits per heavy atom. The van der Waals surface area contributed by atoms with Gasteiger partial charge in [0.2, 0.25) is 5.91 Å². The third kappa shape index (κ3) is 5.13. The first-order valence-electron chi connectivity index (χ1n) is 13.3. The lowest BCUT2D eigenvalue weighted by Gasteiger charge is -2.43. The second-order valence-electron chi connectivity index (χ2n) is 10.4. The molecule has 8 nitrogen and oxygen atoms in total. The highest BCUT2D eigenvalue weighted by Crippen LogP contribution is 2.40. The number of nitrogens with zero attached hydrogens (tertiary/aromatic N) is 5. The molecule has 2 saturated heterocycles. The summed E-state index contributed by atoms with van der Waals surface area (Å²) in [5.74, 6) is -2.84. The maximum absolute atomic E-state index is 14.0. The topological polar surface area (TPSA) is 83.4 Å². The number of carbonyl (C=O) groups excluding carboxylic acids is 2. The molecule has 1 N–H and O–H groups in total. The van der Waals surface area contributed by atoms with Crippen molar-refractivity contribution in [2.45, 2.75) is 24.6 Å². The van der Waals surface area contributed by atoms with Crippen molar-refractivity contribution in [3.63, 3.8) is 0 Å². The van der Waals surface area contributed by atoms with Crippen molar-refractivity contribution in [1.82, 2.24) is 25.0 Å². The molecule has 1 spiro atoms. The molecular formula is C29H21Cl2F5N6O2. The Kier molecular flexibility index (Phi) is 7.49. The predicted molar refractivity (Wildman–Crippen MR) is 152 cm³/mol. The van der Waals surface area contributed by atoms with E-state index < -0.39 is 34.8 Å². The molecule has 2 aliphatic heterocycles. The van der Waals surface area contributed by atoms with Crippen LogP contribution in [-0.2, 0) is 11.0 Å². The fourth-order valence-electron chi connectivity index (χ4n) is 5.63. The molecular weight excluding hydrogens is 630 g/mol. The number of anilines is 1. The number of aromatic nitrogens is 3. The summed E-state index contributed by atoms with van der Waals surface area (Å²) in [4.78, 5) is 34.0. The van der Waals surface area contributed by atoms with Crippen LogP contribution in [0.15, 0.2) is 60.9 Å². The van der Waals surface area contributed by atoms with E-state index in [0.29, 0.717) is 16.9 Å². The standard InChI is InChI=1S/C29H21Cl2F5N6O2/c30-19-10-17(29(34,35)36)11-20(31)25(19)42-24(16-2-1-7-37-14-16)13-23(39-42)26(43)40-8-5-28(6-9-40)27(44)38-15-41(28)18-3-4-21(32)22(33)12-18/h1-4,7,10-14H,5-6,8-9,15H2,(H,38,44). The normalized spacial score (nSPS) is 16.5. The van der Waals surface area contributed by atoms with Gasteiger partial charge in [-0.2, -0.15) is 18.3 Å². The summed E-state index contributed by atoms with van der Waals surface area (Å²) in [6.45, 7) is 0.345. The molecule has 228 valence electrons. The second kappa shape index (κ2) is 11.0. The van der Waals surface area contributed by atoms with Gasteiger partial charge in [0.15, 0.2) is 17.3 Å². The minimum absolute atomic E-state index is 0.0415. The third-order valence-electron chi connectivity index (χ3n) is 7.87. The first-order chi connectivity index (χ1) is 20.9. The fraction of sp³-hybridized carbons (Fsp3) is 0.241. The minimum atomic E-state index is -4.69. The average Bonchev–Trinajstić information content (AvgIpc) is 3.56. The molecule has 0 bridgehead atoms. The van der Waals surface area contributed by atoms with Crippen LogP contribution in [0.1, 0.15) is 28.9 Å². The number of benzene rings is 2. The smallest absolute Gasteiger partial charge is 0.339 e. The predicted octanol–water partition coefficient (Wildman–Crippen LogP) is 6.11. The molecule has 0 saturated carbocycles. The van der Waals surface area contributed by atoms with Crippen LogP contribution in [0.2, 0.25) is 10.0 Å². The summed E-state index contributed by atoms with van der Waals surface area (Å²) in [6, 6.07) is 9.65. The van der Waals surface area contributed by atoms with Crippen molar-refractivity contribution in [3.05, 3.63) is 93.9 Å². The first kappa shape index (κ1) is 29.8. The van der Waals surface area contributed by atoms with Gasteiger partial charge in [-0.25, -0.2) is 13.5 Å². The van der Waals surface area contributed by atoms with Crippen LogP contribution >= 0.6 is 23.2 Å². The highest BCUT2D eigenvalue weighted by molar-refractivity contribution is 6.38. The lowest BCUT2D eigenvalue weighted by molar-refractivity contribution is -0.137. The molecule has 15 heteroatoms. The van der Waals surface area contributed by atoms with Crippen LogP contribution < -0.4 is 10.2 Å². The van der Waals surface area contributed by atoms with Crippen molar-refractivity contribution >= 4 is 40.7 Å². The monoisotopic (exact) mass is 650 g/mol. The van der Waals surface area contributed by atoms with Gasteiger partial charge in [0.1, 0.15) is 11.2 Å². The van der Waals surface area contributed by atoms with E-state index in [1.807, 2.05) is 0 Å². The Hall–Kier alpha value is -4.23. The lowest BCUT2D eigenvalue weighted by atomic mass is 9.85. The molecule has 2 fully saturated rings. The molecule has 2 aliphatic rings. The van der Waals surface area contributed by atoms with Crippen molar-refractivity contribution in [3.8, 4) is 16.9 Å². The maximum atomic E-state index is 14.0. The highest BCUT2D eigenvalue weighted by Gasteiger charge is 2.51. The van der Waals surface area contributed by atoms with Crippen LogP contribution in [0.3, 0.4) is 0 Å². The number of carbonyl (C=O) groups is 2. The molecule has 2 aromatic carbocycles. The number of rotatable bonds is 4. The number of hydrogen-bond acceptors (Lipinski definition) is 5. The number of amides is 2. The van der Waals surface area contributed by atoms with Gasteiger partial charge in [0, 0.05) is 42.8 Å². The van der Waals surface area contributed by atoms with Gasteiger partial charge >= 0.3 is 6.18 Å². The quantitative estimate of drug-likeness (QED) is 0.270. The van der Waals surface area contributed by atoms with E-state index in [4.69, 9.17) is 23.2 Å². The van der Waals surface area contributed by atoms with Gasteiger partial charge in [-0.15, -0.1) is 0 Å². The van der Waals surface area contributed by atoms with E-state index in [9.17, 15) is 31.5 Å². The molecule has 4 heterocycles. The molecule has 0 unspecified atom stereocenters. The number of nitrogens with one attached hydrogen (secondary N) is 1. The molecule has 4 aromatic rings. The van der Waals surface area contributed by atoms with Gasteiger partial charge in [-0.05, 0) is 55.3 Å². The molecule has 0 radical (unpaired) electrons. The zero-order chi connectivity index (χ0) is 31.4. The van der Waals surface area contributed by atoms with Crippen molar-refractivity contribution in [2.24, 2.45) is 0 Å². The number of piperidine rings is 1. The van der Waals surface area contributed by atoms with E-state index in [1.165, 1.54) is 34.1 Å². The summed E-state index contributed by atoms with van der Waals surface area (Å²) in [5, 5.41) is 6.51. The van der Waals surface area contributed by atoms with Crippen LogP contribution in [0.25, 0.3) is 16.9 Å². The first-order valence-corrected chi connectivity index (χ1v) is 14.0. The molecule has 0 aliphatic carbocycles. The zero-order valence-corrected chi connectivity index (χ0v) is 24.0. The molecule has 2 amide bonds. The molecule has 0 atom stereocenters. The van der Waals surface area contributed by atoms with Crippen molar-refractivity contribution in [2.75, 3.05) is 24.7 Å². The summed E-state index contributed by atoms with van der Waals surface area (Å²) < 4.78 is 68.9. The Morgan fingerprint density at radius 1 is 0.977 bits per heavy atom. The van der Waals surface area contributed by atoms with E-state index >= 15 is 0 Å². The van der Waals surface area contributed by atoms with E-state index in [0.717, 1.165) is 24.3 Å². The minimum Gasteiger partial charge on any atom is -0.339 e. The second-order valence-corrected chi connectivity index (χ2v) is 11.2. The summed E-state index contributed by atoms with van der Waals surface area (Å²) in [5.41, 5.74) is -1.10. The summed E-state index contributed by atoms with van der Waals surface area (Å²) in [6.07, 6.45) is -1.29. The van der Waals surface area contributed by atoms with Gasteiger partial charge in [0.25, 0.3) is 5.91 Å². The number of halogens is 7. The van der Waals surface area contributed by atoms with Gasteiger partial charge < -0.3 is 15.1 Å². The number of hydrogen-bond donors (Lipinski definition) is 1. The third-order valence-corrected chi connectivity index (χ3v) is 8.45. The van der Waals surface area contributed by atoms with Crippen LogP contribution in [0, 0.1) is 11.6 Å². The Balaban J connectivity index is 1.31. The van der Waals surface area contributed by atoms with Gasteiger partial charge in [-0.3, -0.25) is 14.6 Å². The van der Waals surface area contributed by atoms with Crippen LogP contribution in [0.4, 0.5) is 27.6 Å². The molecule has 44 heavy (non-hydrogen) atoms. The van der Waals surface area contributed by atoms with Gasteiger partial charge in [-0.1, -0.05) is 23.2 Å². The van der Waals surface area contributed by atoms with Gasteiger partial charge in [0.05, 0.1) is 28.0 Å². The lowest BCUT2D eigenvalue weighted by Crippen LogP contribution is -2.57.